The van der Waals surface area contributed by atoms with Crippen LogP contribution in [0.25, 0.3) is 22.2 Å². The van der Waals surface area contributed by atoms with E-state index in [4.69, 9.17) is 22.1 Å². The summed E-state index contributed by atoms with van der Waals surface area (Å²) in [7, 11) is 1.51. The second kappa shape index (κ2) is 15.8. The number of rotatable bonds is 12. The van der Waals surface area contributed by atoms with Gasteiger partial charge in [-0.2, -0.15) is 0 Å². The molecule has 0 fully saturated rings. The van der Waals surface area contributed by atoms with E-state index in [0.717, 1.165) is 42.1 Å². The number of ether oxygens (including phenoxy) is 1. The average molecular weight is 617 g/mol. The SMILES string of the molecule is CCC(C)[C@H](N)C=O.CCCSNc1ccc(F)c(C(=O)c2cn(COC)c3ncc(-c4ccc(Cl)cc4)cc23)c1F. The summed E-state index contributed by atoms with van der Waals surface area (Å²) in [5, 5.41) is 1.06. The molecular formula is C31H35ClF2N4O3S. The zero-order valence-electron chi connectivity index (χ0n) is 24.0. The average Bonchev–Trinajstić information content (AvgIpc) is 3.36. The Morgan fingerprint density at radius 3 is 2.50 bits per heavy atom. The van der Waals surface area contributed by atoms with Gasteiger partial charge in [0, 0.05) is 41.2 Å². The fourth-order valence-electron chi connectivity index (χ4n) is 4.00. The highest BCUT2D eigenvalue weighted by molar-refractivity contribution is 8.00. The highest BCUT2D eigenvalue weighted by atomic mass is 35.5. The van der Waals surface area contributed by atoms with Crippen LogP contribution in [0.1, 0.15) is 49.5 Å². The Kier molecular flexibility index (Phi) is 12.5. The van der Waals surface area contributed by atoms with Crippen molar-refractivity contribution in [2.75, 3.05) is 17.6 Å². The molecule has 42 heavy (non-hydrogen) atoms. The third kappa shape index (κ3) is 7.95. The van der Waals surface area contributed by atoms with Crippen molar-refractivity contribution in [3.8, 4) is 11.1 Å². The minimum Gasteiger partial charge on any atom is -0.364 e. The highest BCUT2D eigenvalue weighted by Gasteiger charge is 2.26. The van der Waals surface area contributed by atoms with E-state index in [1.807, 2.05) is 32.9 Å². The number of methoxy groups -OCH3 is 1. The van der Waals surface area contributed by atoms with Crippen molar-refractivity contribution in [2.24, 2.45) is 11.7 Å². The van der Waals surface area contributed by atoms with Gasteiger partial charge < -0.3 is 24.6 Å². The summed E-state index contributed by atoms with van der Waals surface area (Å²) >= 11 is 7.29. The number of carbonyl (C=O) groups is 2. The molecule has 2 aromatic heterocycles. The van der Waals surface area contributed by atoms with Gasteiger partial charge in [-0.3, -0.25) is 4.79 Å². The number of nitrogens with zero attached hydrogens (tertiary/aromatic N) is 2. The number of fused-ring (bicyclic) bond motifs is 1. The summed E-state index contributed by atoms with van der Waals surface area (Å²) < 4.78 is 39.7. The Labute approximate surface area is 253 Å². The Morgan fingerprint density at radius 1 is 1.19 bits per heavy atom. The molecule has 0 saturated carbocycles. The third-order valence-corrected chi connectivity index (χ3v) is 7.90. The molecular weight excluding hydrogens is 582 g/mol. The van der Waals surface area contributed by atoms with Crippen LogP contribution in [0, 0.1) is 17.6 Å². The number of nitrogens with one attached hydrogen (secondary N) is 1. The van der Waals surface area contributed by atoms with Gasteiger partial charge in [0.25, 0.3) is 0 Å². The molecule has 2 heterocycles. The van der Waals surface area contributed by atoms with Crippen LogP contribution in [0.15, 0.2) is 54.9 Å². The van der Waals surface area contributed by atoms with Crippen molar-refractivity contribution in [3.05, 3.63) is 82.6 Å². The van der Waals surface area contributed by atoms with Crippen molar-refractivity contribution in [2.45, 2.75) is 46.4 Å². The summed E-state index contributed by atoms with van der Waals surface area (Å²) in [6.07, 6.45) is 5.84. The smallest absolute Gasteiger partial charge is 0.201 e. The molecule has 0 saturated heterocycles. The first-order valence-electron chi connectivity index (χ1n) is 13.5. The van der Waals surface area contributed by atoms with Crippen LogP contribution in [0.5, 0.6) is 0 Å². The van der Waals surface area contributed by atoms with E-state index in [9.17, 15) is 14.0 Å². The second-order valence-electron chi connectivity index (χ2n) is 9.69. The van der Waals surface area contributed by atoms with Crippen LogP contribution in [0.3, 0.4) is 0 Å². The minimum atomic E-state index is -0.928. The quantitative estimate of drug-likeness (QED) is 0.0736. The Balaban J connectivity index is 0.000000531. The first-order valence-corrected chi connectivity index (χ1v) is 14.9. The van der Waals surface area contributed by atoms with E-state index in [1.165, 1.54) is 31.3 Å². The summed E-state index contributed by atoms with van der Waals surface area (Å²) in [6.45, 7) is 6.11. The maximum atomic E-state index is 15.2. The number of nitrogens with two attached hydrogens (primary N) is 1. The number of halogens is 3. The monoisotopic (exact) mass is 616 g/mol. The van der Waals surface area contributed by atoms with Crippen LogP contribution in [-0.2, 0) is 16.3 Å². The maximum absolute atomic E-state index is 15.2. The number of benzene rings is 2. The summed E-state index contributed by atoms with van der Waals surface area (Å²) in [5.41, 5.74) is 6.98. The first-order chi connectivity index (χ1) is 20.2. The zero-order valence-corrected chi connectivity index (χ0v) is 25.6. The molecule has 0 aliphatic rings. The highest BCUT2D eigenvalue weighted by Crippen LogP contribution is 2.31. The fourth-order valence-corrected chi connectivity index (χ4v) is 4.75. The van der Waals surface area contributed by atoms with Crippen LogP contribution in [0.4, 0.5) is 14.5 Å². The van der Waals surface area contributed by atoms with Gasteiger partial charge in [0.2, 0.25) is 5.78 Å². The lowest BCUT2D eigenvalue weighted by Crippen LogP contribution is -2.28. The number of ketones is 1. The van der Waals surface area contributed by atoms with Crippen LogP contribution < -0.4 is 10.5 Å². The van der Waals surface area contributed by atoms with Gasteiger partial charge >= 0.3 is 0 Å². The fraction of sp³-hybridized carbons (Fsp3) is 0.323. The first kappa shape index (κ1) is 33.2. The normalized spacial score (nSPS) is 12.4. The van der Waals surface area contributed by atoms with Gasteiger partial charge in [-0.05, 0) is 48.2 Å². The molecule has 224 valence electrons. The third-order valence-electron chi connectivity index (χ3n) is 6.67. The number of pyridine rings is 1. The molecule has 0 aliphatic carbocycles. The lowest BCUT2D eigenvalue weighted by atomic mass is 10.00. The Bertz CT molecular complexity index is 1510. The van der Waals surface area contributed by atoms with E-state index >= 15 is 4.39 Å². The molecule has 3 N–H and O–H groups in total. The number of anilines is 1. The Hall–Kier alpha value is -3.31. The molecule has 0 bridgehead atoms. The van der Waals surface area contributed by atoms with Crippen molar-refractivity contribution < 1.29 is 23.1 Å². The van der Waals surface area contributed by atoms with Crippen molar-refractivity contribution in [3.63, 3.8) is 0 Å². The maximum Gasteiger partial charge on any atom is 0.201 e. The largest absolute Gasteiger partial charge is 0.364 e. The van der Waals surface area contributed by atoms with Gasteiger partial charge in [0.05, 0.1) is 22.9 Å². The lowest BCUT2D eigenvalue weighted by Gasteiger charge is -2.10. The number of aromatic nitrogens is 2. The number of carbonyl (C=O) groups excluding carboxylic acids is 2. The number of hydrogen-bond acceptors (Lipinski definition) is 7. The van der Waals surface area contributed by atoms with Gasteiger partial charge in [-0.25, -0.2) is 13.8 Å². The molecule has 0 spiro atoms. The van der Waals surface area contributed by atoms with Gasteiger partial charge in [-0.15, -0.1) is 0 Å². The Morgan fingerprint density at radius 2 is 1.90 bits per heavy atom. The summed E-state index contributed by atoms with van der Waals surface area (Å²) in [6, 6.07) is 11.1. The topological polar surface area (TPSA) is 99.2 Å². The van der Waals surface area contributed by atoms with E-state index in [0.29, 0.717) is 22.0 Å². The summed E-state index contributed by atoms with van der Waals surface area (Å²) in [5.74, 6) is -1.56. The predicted molar refractivity (Wildman–Crippen MR) is 167 cm³/mol. The van der Waals surface area contributed by atoms with E-state index < -0.39 is 23.0 Å². The molecule has 1 unspecified atom stereocenters. The van der Waals surface area contributed by atoms with E-state index in [2.05, 4.69) is 9.71 Å². The molecule has 11 heteroatoms. The van der Waals surface area contributed by atoms with Gasteiger partial charge in [0.15, 0.2) is 5.82 Å². The van der Waals surface area contributed by atoms with E-state index in [-0.39, 0.29) is 24.0 Å². The molecule has 0 amide bonds. The molecule has 0 radical (unpaired) electrons. The second-order valence-corrected chi connectivity index (χ2v) is 11.0. The zero-order chi connectivity index (χ0) is 30.8. The van der Waals surface area contributed by atoms with Gasteiger partial charge in [-0.1, -0.05) is 62.9 Å². The molecule has 4 rings (SSSR count). The van der Waals surface area contributed by atoms with E-state index in [1.54, 1.807) is 29.0 Å². The number of aldehydes is 1. The van der Waals surface area contributed by atoms with Crippen LogP contribution in [-0.4, -0.2) is 40.5 Å². The summed E-state index contributed by atoms with van der Waals surface area (Å²) in [4.78, 5) is 28.0. The lowest BCUT2D eigenvalue weighted by molar-refractivity contribution is -0.109. The standard InChI is InChI=1S/C25H22ClF2N3O2S.C6H13NO/c1-3-10-34-30-21-9-8-20(27)22(23(21)28)24(32)19-13-31(14-33-2)25-18(19)11-16(12-29-25)15-4-6-17(26)7-5-15;1-3-5(2)6(7)4-8/h4-9,11-13,30H,3,10,14H2,1-2H3;4-6H,3,7H2,1-2H3/t;5?,6-/m.1/s1. The van der Waals surface area contributed by atoms with Crippen LogP contribution >= 0.6 is 23.5 Å². The molecule has 2 aromatic carbocycles. The van der Waals surface area contributed by atoms with Crippen molar-refractivity contribution in [1.82, 2.24) is 9.55 Å². The van der Waals surface area contributed by atoms with Crippen molar-refractivity contribution in [1.29, 1.82) is 0 Å². The molecule has 4 aromatic rings. The molecule has 7 nitrogen and oxygen atoms in total. The number of hydrogen-bond donors (Lipinski definition) is 2. The van der Waals surface area contributed by atoms with Crippen LogP contribution in [0.2, 0.25) is 5.02 Å². The molecule has 2 atom stereocenters. The minimum absolute atomic E-state index is 0.0591. The van der Waals surface area contributed by atoms with Crippen molar-refractivity contribution >= 4 is 52.3 Å². The molecule has 0 aliphatic heterocycles. The van der Waals surface area contributed by atoms with Gasteiger partial charge in [0.1, 0.15) is 24.5 Å². The predicted octanol–water partition coefficient (Wildman–Crippen LogP) is 7.50.